The minimum Gasteiger partial charge on any atom is -0.382 e. The number of carbonyl (C=O) groups excluding carboxylic acids is 1. The minimum absolute atomic E-state index is 0.200. The van der Waals surface area contributed by atoms with Crippen LogP contribution in [0.5, 0.6) is 0 Å². The van der Waals surface area contributed by atoms with E-state index in [1.807, 2.05) is 0 Å². The number of nitrogens with zero attached hydrogens (tertiary/aromatic N) is 1. The average Bonchev–Trinajstić information content (AvgIpc) is 3.04. The lowest BCUT2D eigenvalue weighted by Crippen LogP contribution is -2.36. The first-order valence-electron chi connectivity index (χ1n) is 6.12. The standard InChI is InChI=1S/C13H12ClFN2O2/c14-8-2-1-3-9(15)12(8)10-6-11(19-17-10)13(18)16-7-4-5-7/h1-3,7,11H,4-6H2,(H,16,18)/t11-/m0/s1. The molecule has 0 radical (unpaired) electrons. The zero-order valence-electron chi connectivity index (χ0n) is 10.0. The lowest BCUT2D eigenvalue weighted by molar-refractivity contribution is -0.131. The molecule has 0 bridgehead atoms. The Morgan fingerprint density at radius 1 is 1.47 bits per heavy atom. The summed E-state index contributed by atoms with van der Waals surface area (Å²) in [5, 5.41) is 6.89. The molecule has 0 spiro atoms. The molecule has 4 nitrogen and oxygen atoms in total. The molecule has 3 rings (SSSR count). The Labute approximate surface area is 114 Å². The zero-order valence-corrected chi connectivity index (χ0v) is 10.8. The van der Waals surface area contributed by atoms with Gasteiger partial charge in [0, 0.05) is 12.5 Å². The maximum Gasteiger partial charge on any atom is 0.264 e. The molecule has 1 heterocycles. The Kier molecular flexibility index (Phi) is 3.14. The molecule has 1 atom stereocenters. The van der Waals surface area contributed by atoms with Crippen LogP contribution in [0.3, 0.4) is 0 Å². The van der Waals surface area contributed by atoms with Crippen molar-refractivity contribution in [3.05, 3.63) is 34.6 Å². The van der Waals surface area contributed by atoms with Crippen molar-refractivity contribution in [2.45, 2.75) is 31.4 Å². The number of rotatable bonds is 3. The van der Waals surface area contributed by atoms with Gasteiger partial charge in [-0.3, -0.25) is 4.79 Å². The zero-order chi connectivity index (χ0) is 13.4. The molecule has 0 aromatic heterocycles. The largest absolute Gasteiger partial charge is 0.382 e. The van der Waals surface area contributed by atoms with Crippen LogP contribution in [-0.4, -0.2) is 23.8 Å². The van der Waals surface area contributed by atoms with Crippen molar-refractivity contribution >= 4 is 23.2 Å². The Morgan fingerprint density at radius 3 is 2.95 bits per heavy atom. The van der Waals surface area contributed by atoms with Gasteiger partial charge in [0.15, 0.2) is 0 Å². The summed E-state index contributed by atoms with van der Waals surface area (Å²) >= 11 is 5.95. The van der Waals surface area contributed by atoms with Gasteiger partial charge in [0.05, 0.1) is 16.3 Å². The van der Waals surface area contributed by atoms with Gasteiger partial charge in [0.2, 0.25) is 6.10 Å². The second kappa shape index (κ2) is 4.81. The molecule has 100 valence electrons. The average molecular weight is 283 g/mol. The summed E-state index contributed by atoms with van der Waals surface area (Å²) in [5.41, 5.74) is 0.588. The summed E-state index contributed by atoms with van der Waals surface area (Å²) in [6.45, 7) is 0. The van der Waals surface area contributed by atoms with E-state index in [0.717, 1.165) is 12.8 Å². The highest BCUT2D eigenvalue weighted by Crippen LogP contribution is 2.26. The number of hydrogen-bond acceptors (Lipinski definition) is 3. The third-order valence-corrected chi connectivity index (χ3v) is 3.45. The van der Waals surface area contributed by atoms with Gasteiger partial charge in [-0.1, -0.05) is 22.8 Å². The van der Waals surface area contributed by atoms with Crippen molar-refractivity contribution in [2.24, 2.45) is 5.16 Å². The molecule has 1 fully saturated rings. The van der Waals surface area contributed by atoms with Crippen LogP contribution >= 0.6 is 11.6 Å². The molecule has 1 aromatic rings. The van der Waals surface area contributed by atoms with Gasteiger partial charge in [-0.05, 0) is 25.0 Å². The van der Waals surface area contributed by atoms with E-state index in [2.05, 4.69) is 10.5 Å². The van der Waals surface area contributed by atoms with Crippen LogP contribution in [0.15, 0.2) is 23.4 Å². The van der Waals surface area contributed by atoms with Gasteiger partial charge >= 0.3 is 0 Å². The SMILES string of the molecule is O=C(NC1CC1)[C@@H]1CC(c2c(F)cccc2Cl)=NO1. The maximum atomic E-state index is 13.7. The quantitative estimate of drug-likeness (QED) is 0.924. The summed E-state index contributed by atoms with van der Waals surface area (Å²) in [6, 6.07) is 4.67. The number of benzene rings is 1. The van der Waals surface area contributed by atoms with Crippen LogP contribution in [0.1, 0.15) is 24.8 Å². The summed E-state index contributed by atoms with van der Waals surface area (Å²) in [4.78, 5) is 16.9. The summed E-state index contributed by atoms with van der Waals surface area (Å²) < 4.78 is 13.7. The van der Waals surface area contributed by atoms with Crippen molar-refractivity contribution in [1.29, 1.82) is 0 Å². The molecule has 1 saturated carbocycles. The predicted octanol–water partition coefficient (Wildman–Crippen LogP) is 2.25. The summed E-state index contributed by atoms with van der Waals surface area (Å²) in [6.07, 6.45) is 1.56. The van der Waals surface area contributed by atoms with Gasteiger partial charge in [0.1, 0.15) is 5.82 Å². The van der Waals surface area contributed by atoms with Gasteiger partial charge in [0.25, 0.3) is 5.91 Å². The Morgan fingerprint density at radius 2 is 2.26 bits per heavy atom. The fraction of sp³-hybridized carbons (Fsp3) is 0.385. The number of amides is 1. The molecule has 2 aliphatic rings. The van der Waals surface area contributed by atoms with Crippen molar-refractivity contribution in [2.75, 3.05) is 0 Å². The van der Waals surface area contributed by atoms with Crippen LogP contribution in [0.25, 0.3) is 0 Å². The fourth-order valence-corrected chi connectivity index (χ4v) is 2.23. The van der Waals surface area contributed by atoms with Gasteiger partial charge in [-0.15, -0.1) is 0 Å². The maximum absolute atomic E-state index is 13.7. The lowest BCUT2D eigenvalue weighted by atomic mass is 10.0. The summed E-state index contributed by atoms with van der Waals surface area (Å²) in [7, 11) is 0. The van der Waals surface area contributed by atoms with E-state index in [0.29, 0.717) is 5.71 Å². The first-order chi connectivity index (χ1) is 9.15. The van der Waals surface area contributed by atoms with E-state index in [1.54, 1.807) is 6.07 Å². The van der Waals surface area contributed by atoms with Crippen molar-refractivity contribution in [3.63, 3.8) is 0 Å². The molecule has 1 amide bonds. The molecule has 0 saturated heterocycles. The smallest absolute Gasteiger partial charge is 0.264 e. The van der Waals surface area contributed by atoms with E-state index in [1.165, 1.54) is 12.1 Å². The van der Waals surface area contributed by atoms with Crippen LogP contribution in [0.4, 0.5) is 4.39 Å². The molecule has 0 unspecified atom stereocenters. The van der Waals surface area contributed by atoms with Crippen molar-refractivity contribution in [3.8, 4) is 0 Å². The third-order valence-electron chi connectivity index (χ3n) is 3.14. The summed E-state index contributed by atoms with van der Waals surface area (Å²) in [5.74, 6) is -0.660. The topological polar surface area (TPSA) is 50.7 Å². The van der Waals surface area contributed by atoms with E-state index in [4.69, 9.17) is 16.4 Å². The number of halogens is 2. The molecule has 6 heteroatoms. The monoisotopic (exact) mass is 282 g/mol. The van der Waals surface area contributed by atoms with Crippen molar-refractivity contribution < 1.29 is 14.0 Å². The van der Waals surface area contributed by atoms with Gasteiger partial charge < -0.3 is 10.2 Å². The Balaban J connectivity index is 1.72. The number of carbonyl (C=O) groups is 1. The van der Waals surface area contributed by atoms with E-state index < -0.39 is 11.9 Å². The van der Waals surface area contributed by atoms with Crippen LogP contribution in [0.2, 0.25) is 5.02 Å². The second-order valence-electron chi connectivity index (χ2n) is 4.72. The highest BCUT2D eigenvalue weighted by atomic mass is 35.5. The first-order valence-corrected chi connectivity index (χ1v) is 6.50. The Bertz CT molecular complexity index is 537. The highest BCUT2D eigenvalue weighted by molar-refractivity contribution is 6.34. The third kappa shape index (κ3) is 2.56. The molecule has 1 aromatic carbocycles. The number of oxime groups is 1. The van der Waals surface area contributed by atoms with Gasteiger partial charge in [-0.25, -0.2) is 4.39 Å². The fourth-order valence-electron chi connectivity index (χ4n) is 1.96. The molecule has 1 N–H and O–H groups in total. The molecule has 1 aliphatic carbocycles. The number of nitrogens with one attached hydrogen (secondary N) is 1. The van der Waals surface area contributed by atoms with Crippen LogP contribution in [0, 0.1) is 5.82 Å². The second-order valence-corrected chi connectivity index (χ2v) is 5.12. The van der Waals surface area contributed by atoms with Crippen molar-refractivity contribution in [1.82, 2.24) is 5.32 Å². The highest BCUT2D eigenvalue weighted by Gasteiger charge is 2.34. The lowest BCUT2D eigenvalue weighted by Gasteiger charge is -2.08. The first kappa shape index (κ1) is 12.4. The molecule has 19 heavy (non-hydrogen) atoms. The predicted molar refractivity (Wildman–Crippen MR) is 68.6 cm³/mol. The van der Waals surface area contributed by atoms with E-state index in [9.17, 15) is 9.18 Å². The number of hydrogen-bond donors (Lipinski definition) is 1. The van der Waals surface area contributed by atoms with E-state index >= 15 is 0 Å². The molecular weight excluding hydrogens is 271 g/mol. The van der Waals surface area contributed by atoms with Crippen LogP contribution in [-0.2, 0) is 9.63 Å². The van der Waals surface area contributed by atoms with Gasteiger partial charge in [-0.2, -0.15) is 0 Å². The Hall–Kier alpha value is -1.62. The van der Waals surface area contributed by atoms with E-state index in [-0.39, 0.29) is 29.0 Å². The minimum atomic E-state index is -0.689. The normalized spacial score (nSPS) is 21.8. The molecular formula is C13H12ClFN2O2. The molecule has 1 aliphatic heterocycles. The van der Waals surface area contributed by atoms with Crippen LogP contribution < -0.4 is 5.32 Å².